The summed E-state index contributed by atoms with van der Waals surface area (Å²) in [5.41, 5.74) is 2.91. The number of Topliss-reactive ketones (excluding diaryl/α,β-unsaturated/α-hetero) is 1. The summed E-state index contributed by atoms with van der Waals surface area (Å²) in [4.78, 5) is 24.3. The second-order valence-electron chi connectivity index (χ2n) is 5.16. The van der Waals surface area contributed by atoms with E-state index >= 15 is 0 Å². The molecule has 4 heteroatoms. The predicted molar refractivity (Wildman–Crippen MR) is 80.6 cm³/mol. The van der Waals surface area contributed by atoms with Gasteiger partial charge in [0.2, 0.25) is 11.7 Å². The van der Waals surface area contributed by atoms with Crippen LogP contribution in [0.15, 0.2) is 30.0 Å². The number of amides is 1. The van der Waals surface area contributed by atoms with Crippen LogP contribution in [0.25, 0.3) is 5.57 Å². The molecular weight excluding hydrogens is 274 g/mol. The molecule has 0 heterocycles. The number of nitrogens with one attached hydrogen (secondary N) is 1. The van der Waals surface area contributed by atoms with E-state index in [1.54, 1.807) is 19.9 Å². The molecule has 1 N–H and O–H groups in total. The van der Waals surface area contributed by atoms with E-state index in [1.165, 1.54) is 0 Å². The highest BCUT2D eigenvalue weighted by atomic mass is 35.5. The Morgan fingerprint density at radius 2 is 1.90 bits per heavy atom. The zero-order valence-electron chi connectivity index (χ0n) is 11.7. The van der Waals surface area contributed by atoms with Crippen LogP contribution in [0.3, 0.4) is 0 Å². The lowest BCUT2D eigenvalue weighted by Crippen LogP contribution is -2.30. The first kappa shape index (κ1) is 14.8. The van der Waals surface area contributed by atoms with E-state index in [9.17, 15) is 9.59 Å². The summed E-state index contributed by atoms with van der Waals surface area (Å²) < 4.78 is 0. The minimum atomic E-state index is -0.159. The molecule has 106 valence electrons. The number of allylic oxidation sites excluding steroid dienone is 2. The van der Waals surface area contributed by atoms with E-state index in [-0.39, 0.29) is 17.6 Å². The van der Waals surface area contributed by atoms with Crippen molar-refractivity contribution in [2.45, 2.75) is 26.7 Å². The van der Waals surface area contributed by atoms with Crippen molar-refractivity contribution in [3.05, 3.63) is 41.1 Å². The molecule has 3 nitrogen and oxygen atoms in total. The van der Waals surface area contributed by atoms with E-state index in [0.717, 1.165) is 17.6 Å². The maximum atomic E-state index is 12.4. The van der Waals surface area contributed by atoms with E-state index in [0.29, 0.717) is 23.6 Å². The number of fused-ring (bicyclic) bond motifs is 1. The van der Waals surface area contributed by atoms with Gasteiger partial charge in [0, 0.05) is 17.4 Å². The van der Waals surface area contributed by atoms with E-state index in [2.05, 4.69) is 5.32 Å². The highest BCUT2D eigenvalue weighted by Crippen LogP contribution is 2.34. The summed E-state index contributed by atoms with van der Waals surface area (Å²) in [7, 11) is 0. The smallest absolute Gasteiger partial charge is 0.227 e. The topological polar surface area (TPSA) is 46.2 Å². The summed E-state index contributed by atoms with van der Waals surface area (Å²) in [6.45, 7) is 3.61. The number of alkyl halides is 1. The maximum absolute atomic E-state index is 12.4. The van der Waals surface area contributed by atoms with Crippen molar-refractivity contribution in [2.24, 2.45) is 5.92 Å². The van der Waals surface area contributed by atoms with Gasteiger partial charge in [-0.1, -0.05) is 38.1 Å². The molecule has 0 bridgehead atoms. The molecule has 0 fully saturated rings. The van der Waals surface area contributed by atoms with Crippen molar-refractivity contribution >= 4 is 28.9 Å². The largest absolute Gasteiger partial charge is 0.322 e. The first-order valence-electron chi connectivity index (χ1n) is 6.80. The van der Waals surface area contributed by atoms with Gasteiger partial charge in [-0.05, 0) is 24.0 Å². The molecule has 1 aliphatic rings. The molecule has 0 spiro atoms. The van der Waals surface area contributed by atoms with Crippen LogP contribution in [0, 0.1) is 5.92 Å². The van der Waals surface area contributed by atoms with Gasteiger partial charge >= 0.3 is 0 Å². The third-order valence-electron chi connectivity index (χ3n) is 3.36. The summed E-state index contributed by atoms with van der Waals surface area (Å²) in [5.74, 6) is 0.141. The molecule has 1 aromatic rings. The van der Waals surface area contributed by atoms with Gasteiger partial charge in [-0.15, -0.1) is 11.6 Å². The average Bonchev–Trinajstić information content (AvgIpc) is 2.70. The molecule has 0 aromatic heterocycles. The number of halogens is 1. The van der Waals surface area contributed by atoms with Crippen LogP contribution < -0.4 is 5.32 Å². The van der Waals surface area contributed by atoms with Crippen LogP contribution in [0.1, 0.15) is 42.6 Å². The lowest BCUT2D eigenvalue weighted by molar-refractivity contribution is -0.123. The first-order valence-corrected chi connectivity index (χ1v) is 7.33. The predicted octanol–water partition coefficient (Wildman–Crippen LogP) is 3.39. The van der Waals surface area contributed by atoms with Gasteiger partial charge in [-0.3, -0.25) is 9.59 Å². The Morgan fingerprint density at radius 3 is 2.50 bits per heavy atom. The Kier molecular flexibility index (Phi) is 4.61. The molecular formula is C16H18ClNO2. The van der Waals surface area contributed by atoms with Crippen molar-refractivity contribution in [1.29, 1.82) is 0 Å². The first-order chi connectivity index (χ1) is 9.56. The molecule has 0 aliphatic heterocycles. The number of hydrogen-bond acceptors (Lipinski definition) is 2. The standard InChI is InChI=1S/C16H18ClNO2/c1-10(2)16(20)18-14-12(8-5-9-17)11-6-3-4-7-13(11)15(14)19/h3-4,6-7,10H,5,8-9H2,1-2H3,(H,18,19,20). The molecule has 1 aliphatic carbocycles. The number of carbonyl (C=O) groups excluding carboxylic acids is 2. The molecule has 0 atom stereocenters. The minimum absolute atomic E-state index is 0.0980. The fourth-order valence-electron chi connectivity index (χ4n) is 2.25. The molecule has 0 radical (unpaired) electrons. The van der Waals surface area contributed by atoms with Crippen molar-refractivity contribution in [1.82, 2.24) is 5.32 Å². The second-order valence-corrected chi connectivity index (χ2v) is 5.54. The Balaban J connectivity index is 2.38. The molecule has 20 heavy (non-hydrogen) atoms. The molecule has 0 saturated heterocycles. The molecule has 2 rings (SSSR count). The number of benzene rings is 1. The van der Waals surface area contributed by atoms with Gasteiger partial charge in [-0.2, -0.15) is 0 Å². The summed E-state index contributed by atoms with van der Waals surface area (Å²) in [6.07, 6.45) is 1.47. The Labute approximate surface area is 124 Å². The lowest BCUT2D eigenvalue weighted by Gasteiger charge is -2.10. The van der Waals surface area contributed by atoms with Crippen LogP contribution >= 0.6 is 11.6 Å². The van der Waals surface area contributed by atoms with E-state index in [4.69, 9.17) is 11.6 Å². The molecule has 1 aromatic carbocycles. The van der Waals surface area contributed by atoms with Gasteiger partial charge in [0.05, 0.1) is 5.70 Å². The van der Waals surface area contributed by atoms with Gasteiger partial charge < -0.3 is 5.32 Å². The normalized spacial score (nSPS) is 13.9. The quantitative estimate of drug-likeness (QED) is 0.845. The SMILES string of the molecule is CC(C)C(=O)NC1=C(CCCCl)c2ccccc2C1=O. The highest BCUT2D eigenvalue weighted by Gasteiger charge is 2.30. The summed E-state index contributed by atoms with van der Waals surface area (Å²) in [6, 6.07) is 7.46. The average molecular weight is 292 g/mol. The van der Waals surface area contributed by atoms with E-state index in [1.807, 2.05) is 18.2 Å². The van der Waals surface area contributed by atoms with Gasteiger partial charge in [0.15, 0.2) is 0 Å². The molecule has 1 amide bonds. The van der Waals surface area contributed by atoms with Gasteiger partial charge in [0.25, 0.3) is 0 Å². The van der Waals surface area contributed by atoms with Crippen molar-refractivity contribution in [3.8, 4) is 0 Å². The molecule has 0 saturated carbocycles. The summed E-state index contributed by atoms with van der Waals surface area (Å²) in [5, 5.41) is 2.78. The van der Waals surface area contributed by atoms with E-state index < -0.39 is 0 Å². The van der Waals surface area contributed by atoms with Crippen molar-refractivity contribution in [3.63, 3.8) is 0 Å². The van der Waals surface area contributed by atoms with Gasteiger partial charge in [-0.25, -0.2) is 0 Å². The Morgan fingerprint density at radius 1 is 1.25 bits per heavy atom. The Hall–Kier alpha value is -1.61. The monoisotopic (exact) mass is 291 g/mol. The van der Waals surface area contributed by atoms with Crippen LogP contribution in [0.5, 0.6) is 0 Å². The minimum Gasteiger partial charge on any atom is -0.322 e. The van der Waals surface area contributed by atoms with Crippen LogP contribution in [-0.4, -0.2) is 17.6 Å². The van der Waals surface area contributed by atoms with Crippen molar-refractivity contribution in [2.75, 3.05) is 5.88 Å². The maximum Gasteiger partial charge on any atom is 0.227 e. The van der Waals surface area contributed by atoms with Crippen LogP contribution in [0.4, 0.5) is 0 Å². The van der Waals surface area contributed by atoms with Crippen LogP contribution in [-0.2, 0) is 4.79 Å². The zero-order valence-corrected chi connectivity index (χ0v) is 12.5. The third-order valence-corrected chi connectivity index (χ3v) is 3.63. The fourth-order valence-corrected chi connectivity index (χ4v) is 2.39. The fraction of sp³-hybridized carbons (Fsp3) is 0.375. The third kappa shape index (κ3) is 2.78. The van der Waals surface area contributed by atoms with Crippen LogP contribution in [0.2, 0.25) is 0 Å². The zero-order chi connectivity index (χ0) is 14.7. The number of carbonyl (C=O) groups is 2. The highest BCUT2D eigenvalue weighted by molar-refractivity contribution is 6.22. The Bertz CT molecular complexity index is 576. The second kappa shape index (κ2) is 6.23. The number of ketones is 1. The number of hydrogen-bond donors (Lipinski definition) is 1. The van der Waals surface area contributed by atoms with Crippen molar-refractivity contribution < 1.29 is 9.59 Å². The number of rotatable bonds is 5. The lowest BCUT2D eigenvalue weighted by atomic mass is 10.0. The summed E-state index contributed by atoms with van der Waals surface area (Å²) >= 11 is 5.75. The van der Waals surface area contributed by atoms with Gasteiger partial charge in [0.1, 0.15) is 0 Å². The molecule has 0 unspecified atom stereocenters.